The SMILES string of the molecule is COc1ccc(CCC2(C3CCCC3)CC(O)=C(Sc3nnc(C)n3C)C(=O)O2)cc1Cl. The number of rotatable bonds is 7. The first-order valence-corrected chi connectivity index (χ1v) is 12.0. The summed E-state index contributed by atoms with van der Waals surface area (Å²) in [7, 11) is 3.41. The van der Waals surface area contributed by atoms with Crippen LogP contribution in [0.25, 0.3) is 0 Å². The highest BCUT2D eigenvalue weighted by Gasteiger charge is 2.48. The third kappa shape index (κ3) is 4.48. The van der Waals surface area contributed by atoms with E-state index in [1.807, 2.05) is 32.2 Å². The molecule has 1 atom stereocenters. The molecule has 1 N–H and O–H groups in total. The van der Waals surface area contributed by atoms with Crippen LogP contribution in [0.4, 0.5) is 0 Å². The molecule has 7 nitrogen and oxygen atoms in total. The Hall–Kier alpha value is -2.19. The molecule has 9 heteroatoms. The Morgan fingerprint density at radius 2 is 2.09 bits per heavy atom. The van der Waals surface area contributed by atoms with Gasteiger partial charge in [-0.15, -0.1) is 10.2 Å². The van der Waals surface area contributed by atoms with Crippen LogP contribution in [0, 0.1) is 12.8 Å². The van der Waals surface area contributed by atoms with Gasteiger partial charge in [0.1, 0.15) is 27.8 Å². The minimum absolute atomic E-state index is 0.0755. The monoisotopic (exact) mass is 477 g/mol. The topological polar surface area (TPSA) is 86.5 Å². The minimum Gasteiger partial charge on any atom is -0.511 e. The van der Waals surface area contributed by atoms with Gasteiger partial charge in [0.05, 0.1) is 12.1 Å². The van der Waals surface area contributed by atoms with E-state index in [1.165, 1.54) is 0 Å². The van der Waals surface area contributed by atoms with Gasteiger partial charge < -0.3 is 19.1 Å². The summed E-state index contributed by atoms with van der Waals surface area (Å²) in [6.45, 7) is 1.83. The fourth-order valence-electron chi connectivity index (χ4n) is 4.66. The van der Waals surface area contributed by atoms with Crippen molar-refractivity contribution in [1.29, 1.82) is 0 Å². The van der Waals surface area contributed by atoms with Crippen molar-refractivity contribution in [1.82, 2.24) is 14.8 Å². The number of cyclic esters (lactones) is 1. The smallest absolute Gasteiger partial charge is 0.349 e. The van der Waals surface area contributed by atoms with Gasteiger partial charge in [-0.2, -0.15) is 0 Å². The number of aliphatic hydroxyl groups is 1. The highest BCUT2D eigenvalue weighted by Crippen LogP contribution is 2.47. The van der Waals surface area contributed by atoms with E-state index in [-0.39, 0.29) is 16.6 Å². The molecule has 4 rings (SSSR count). The van der Waals surface area contributed by atoms with Crippen molar-refractivity contribution < 1.29 is 19.4 Å². The number of carbonyl (C=O) groups excluding carboxylic acids is 1. The molecule has 1 unspecified atom stereocenters. The molecule has 1 aromatic heterocycles. The number of carbonyl (C=O) groups is 1. The van der Waals surface area contributed by atoms with Crippen LogP contribution in [0.2, 0.25) is 5.02 Å². The number of aliphatic hydroxyl groups excluding tert-OH is 1. The predicted octanol–water partition coefficient (Wildman–Crippen LogP) is 5.16. The number of aryl methyl sites for hydroxylation is 2. The van der Waals surface area contributed by atoms with Crippen molar-refractivity contribution in [3.63, 3.8) is 0 Å². The van der Waals surface area contributed by atoms with E-state index in [2.05, 4.69) is 10.2 Å². The first-order chi connectivity index (χ1) is 15.3. The van der Waals surface area contributed by atoms with Crippen LogP contribution in [0.1, 0.15) is 49.9 Å². The number of thioether (sulfide) groups is 1. The molecule has 1 aliphatic heterocycles. The lowest BCUT2D eigenvalue weighted by Crippen LogP contribution is -2.45. The van der Waals surface area contributed by atoms with Crippen LogP contribution in [-0.2, 0) is 23.0 Å². The van der Waals surface area contributed by atoms with Gasteiger partial charge in [-0.25, -0.2) is 4.79 Å². The second kappa shape index (κ2) is 9.35. The van der Waals surface area contributed by atoms with Gasteiger partial charge in [0.15, 0.2) is 5.16 Å². The van der Waals surface area contributed by atoms with E-state index < -0.39 is 11.6 Å². The Morgan fingerprint density at radius 1 is 1.34 bits per heavy atom. The summed E-state index contributed by atoms with van der Waals surface area (Å²) < 4.78 is 13.2. The molecule has 2 aromatic rings. The van der Waals surface area contributed by atoms with Crippen LogP contribution in [0.3, 0.4) is 0 Å². The first-order valence-electron chi connectivity index (χ1n) is 10.8. The number of aromatic nitrogens is 3. The van der Waals surface area contributed by atoms with Gasteiger partial charge in [0, 0.05) is 13.5 Å². The zero-order valence-corrected chi connectivity index (χ0v) is 20.1. The van der Waals surface area contributed by atoms with Crippen molar-refractivity contribution in [2.24, 2.45) is 13.0 Å². The van der Waals surface area contributed by atoms with E-state index in [0.717, 1.165) is 48.8 Å². The third-order valence-corrected chi connectivity index (χ3v) is 8.05. The van der Waals surface area contributed by atoms with Crippen molar-refractivity contribution in [2.75, 3.05) is 7.11 Å². The summed E-state index contributed by atoms with van der Waals surface area (Å²) in [5.41, 5.74) is 0.326. The van der Waals surface area contributed by atoms with Gasteiger partial charge in [0.2, 0.25) is 0 Å². The van der Waals surface area contributed by atoms with Crippen LogP contribution in [0.5, 0.6) is 5.75 Å². The van der Waals surface area contributed by atoms with E-state index in [4.69, 9.17) is 21.1 Å². The first kappa shape index (κ1) is 23.0. The average Bonchev–Trinajstić information content (AvgIpc) is 3.41. The fraction of sp³-hybridized carbons (Fsp3) is 0.522. The summed E-state index contributed by atoms with van der Waals surface area (Å²) in [6, 6.07) is 5.72. The van der Waals surface area contributed by atoms with Gasteiger partial charge >= 0.3 is 5.97 Å². The maximum absolute atomic E-state index is 13.1. The van der Waals surface area contributed by atoms with Crippen molar-refractivity contribution in [2.45, 2.75) is 62.6 Å². The standard InChI is InChI=1S/C23H28ClN3O4S/c1-14-25-26-22(27(14)2)32-20-18(28)13-23(31-21(20)29,16-6-4-5-7-16)11-10-15-8-9-19(30-3)17(24)12-15/h8-9,12,16,28H,4-7,10-11,13H2,1-3H3. The number of hydrogen-bond donors (Lipinski definition) is 1. The molecule has 1 aliphatic carbocycles. The Labute approximate surface area is 197 Å². The molecule has 32 heavy (non-hydrogen) atoms. The molecule has 0 spiro atoms. The van der Waals surface area contributed by atoms with E-state index in [0.29, 0.717) is 35.2 Å². The molecule has 0 radical (unpaired) electrons. The Kier molecular flexibility index (Phi) is 6.72. The lowest BCUT2D eigenvalue weighted by molar-refractivity contribution is -0.166. The zero-order chi connectivity index (χ0) is 22.9. The average molecular weight is 478 g/mol. The molecule has 0 amide bonds. The maximum Gasteiger partial charge on any atom is 0.349 e. The highest BCUT2D eigenvalue weighted by atomic mass is 35.5. The Bertz CT molecular complexity index is 1050. The number of ether oxygens (including phenoxy) is 2. The molecule has 0 bridgehead atoms. The number of hydrogen-bond acceptors (Lipinski definition) is 7. The van der Waals surface area contributed by atoms with Crippen LogP contribution < -0.4 is 4.74 Å². The summed E-state index contributed by atoms with van der Waals surface area (Å²) in [5.74, 6) is 1.18. The summed E-state index contributed by atoms with van der Waals surface area (Å²) in [5, 5.41) is 20.2. The Balaban J connectivity index is 1.58. The van der Waals surface area contributed by atoms with Gasteiger partial charge in [-0.3, -0.25) is 0 Å². The molecule has 1 fully saturated rings. The number of esters is 1. The second-order valence-electron chi connectivity index (χ2n) is 8.55. The van der Waals surface area contributed by atoms with E-state index in [9.17, 15) is 9.90 Å². The van der Waals surface area contributed by atoms with Crippen molar-refractivity contribution in [3.8, 4) is 5.75 Å². The molecule has 1 aromatic carbocycles. The number of nitrogens with zero attached hydrogens (tertiary/aromatic N) is 3. The fourth-order valence-corrected chi connectivity index (χ4v) is 5.79. The van der Waals surface area contributed by atoms with Crippen LogP contribution >= 0.6 is 23.4 Å². The summed E-state index contributed by atoms with van der Waals surface area (Å²) >= 11 is 7.40. The predicted molar refractivity (Wildman–Crippen MR) is 123 cm³/mol. The van der Waals surface area contributed by atoms with Crippen LogP contribution in [-0.4, -0.2) is 38.6 Å². The molecular weight excluding hydrogens is 450 g/mol. The quantitative estimate of drug-likeness (QED) is 0.551. The lowest BCUT2D eigenvalue weighted by Gasteiger charge is -2.41. The number of halogens is 1. The number of benzene rings is 1. The number of methoxy groups -OCH3 is 1. The minimum atomic E-state index is -0.718. The maximum atomic E-state index is 13.1. The molecule has 2 heterocycles. The van der Waals surface area contributed by atoms with Gasteiger partial charge in [0.25, 0.3) is 0 Å². The second-order valence-corrected chi connectivity index (χ2v) is 9.93. The molecule has 1 saturated carbocycles. The largest absolute Gasteiger partial charge is 0.511 e. The molecule has 2 aliphatic rings. The molecule has 0 saturated heterocycles. The highest BCUT2D eigenvalue weighted by molar-refractivity contribution is 8.03. The third-order valence-electron chi connectivity index (χ3n) is 6.61. The van der Waals surface area contributed by atoms with E-state index >= 15 is 0 Å². The van der Waals surface area contributed by atoms with Crippen LogP contribution in [0.15, 0.2) is 34.0 Å². The van der Waals surface area contributed by atoms with Crippen molar-refractivity contribution >= 4 is 29.3 Å². The molecule has 172 valence electrons. The van der Waals surface area contributed by atoms with Crippen molar-refractivity contribution in [3.05, 3.63) is 45.3 Å². The van der Waals surface area contributed by atoms with Gasteiger partial charge in [-0.1, -0.05) is 30.5 Å². The summed E-state index contributed by atoms with van der Waals surface area (Å²) in [4.78, 5) is 13.3. The van der Waals surface area contributed by atoms with E-state index in [1.54, 1.807) is 11.7 Å². The zero-order valence-electron chi connectivity index (χ0n) is 18.6. The Morgan fingerprint density at radius 3 is 2.69 bits per heavy atom. The lowest BCUT2D eigenvalue weighted by atomic mass is 9.77. The summed E-state index contributed by atoms with van der Waals surface area (Å²) in [6.07, 6.45) is 5.84. The molecular formula is C23H28ClN3O4S. The normalized spacial score (nSPS) is 21.8. The van der Waals surface area contributed by atoms with Gasteiger partial charge in [-0.05, 0) is 68.0 Å².